The summed E-state index contributed by atoms with van der Waals surface area (Å²) in [6, 6.07) is 17.4. The van der Waals surface area contributed by atoms with Crippen molar-refractivity contribution < 1.29 is 19.8 Å². The van der Waals surface area contributed by atoms with Crippen LogP contribution < -0.4 is 11.0 Å². The van der Waals surface area contributed by atoms with Gasteiger partial charge in [0.2, 0.25) is 11.8 Å². The standard InChI is InChI=1S/C50H55ClN10O5S/c1-27(2)38-23-39(41(63)24-40(38)62)45-55-57-50(66)61(45)37-13-7-33(8-14-37)26-58-19-17-35(18-20-58)48(65)59-21-15-32(16-22-59)25-52-47(64)29(4)43-46-56-54-31(6)60(46)49-42(28(3)30(5)67-49)44(53-43)34-9-11-36(51)12-10-34/h7-14,23-24,27,32,35,43,62-63H,4,15-22,25-26H2,1-3,5-6H3,(H,52,64)(H,57,66)/t43-/m0/s1. The van der Waals surface area contributed by atoms with Gasteiger partial charge in [-0.15, -0.1) is 21.5 Å². The summed E-state index contributed by atoms with van der Waals surface area (Å²) >= 11 is 7.93. The van der Waals surface area contributed by atoms with Gasteiger partial charge in [-0.05, 0) is 118 Å². The fraction of sp³-hybridized carbons (Fsp3) is 0.380. The maximum absolute atomic E-state index is 13.9. The lowest BCUT2D eigenvalue weighted by Gasteiger charge is -2.37. The molecule has 6 aromatic rings. The smallest absolute Gasteiger partial charge is 0.348 e. The van der Waals surface area contributed by atoms with E-state index in [-0.39, 0.29) is 52.5 Å². The monoisotopic (exact) mass is 942 g/mol. The number of H-pyrrole nitrogens is 1. The maximum Gasteiger partial charge on any atom is 0.348 e. The molecule has 348 valence electrons. The number of likely N-dealkylation sites (tertiary alicyclic amines) is 2. The van der Waals surface area contributed by atoms with E-state index in [2.05, 4.69) is 51.0 Å². The highest BCUT2D eigenvalue weighted by Gasteiger charge is 2.36. The number of piperidine rings is 2. The van der Waals surface area contributed by atoms with Gasteiger partial charge in [0, 0.05) is 64.8 Å². The number of carbonyl (C=O) groups excluding carboxylic acids is 2. The Morgan fingerprint density at radius 2 is 1.63 bits per heavy atom. The number of nitrogens with one attached hydrogen (secondary N) is 2. The molecule has 2 amide bonds. The Kier molecular flexibility index (Phi) is 12.8. The summed E-state index contributed by atoms with van der Waals surface area (Å²) < 4.78 is 3.42. The molecule has 67 heavy (non-hydrogen) atoms. The molecule has 1 atom stereocenters. The zero-order valence-electron chi connectivity index (χ0n) is 38.3. The third kappa shape index (κ3) is 8.97. The van der Waals surface area contributed by atoms with E-state index in [1.54, 1.807) is 17.4 Å². The molecule has 0 saturated carbocycles. The van der Waals surface area contributed by atoms with Crippen molar-refractivity contribution in [2.24, 2.45) is 16.8 Å². The first-order valence-electron chi connectivity index (χ1n) is 22.8. The molecule has 3 aliphatic rings. The number of amides is 2. The second-order valence-corrected chi connectivity index (χ2v) is 19.9. The Morgan fingerprint density at radius 1 is 0.925 bits per heavy atom. The number of fused-ring (bicyclic) bond motifs is 3. The Balaban J connectivity index is 0.772. The lowest BCUT2D eigenvalue weighted by molar-refractivity contribution is -0.138. The number of phenols is 2. The van der Waals surface area contributed by atoms with Gasteiger partial charge < -0.3 is 20.4 Å². The third-order valence-corrected chi connectivity index (χ3v) is 15.0. The van der Waals surface area contributed by atoms with Gasteiger partial charge in [-0.1, -0.05) is 56.3 Å². The van der Waals surface area contributed by atoms with Crippen molar-refractivity contribution in [3.63, 3.8) is 0 Å². The van der Waals surface area contributed by atoms with E-state index in [9.17, 15) is 24.6 Å². The molecule has 6 heterocycles. The van der Waals surface area contributed by atoms with Crippen LogP contribution >= 0.6 is 22.9 Å². The van der Waals surface area contributed by atoms with Crippen LogP contribution in [0.2, 0.25) is 5.02 Å². The summed E-state index contributed by atoms with van der Waals surface area (Å²) in [6.45, 7) is 18.3. The lowest BCUT2D eigenvalue weighted by atomic mass is 9.91. The molecule has 0 aliphatic carbocycles. The van der Waals surface area contributed by atoms with Crippen LogP contribution in [0.5, 0.6) is 11.5 Å². The predicted molar refractivity (Wildman–Crippen MR) is 260 cm³/mol. The first-order valence-corrected chi connectivity index (χ1v) is 24.0. The first-order chi connectivity index (χ1) is 32.2. The molecular formula is C50H55ClN10O5S. The Hall–Kier alpha value is -6.36. The fourth-order valence-corrected chi connectivity index (χ4v) is 10.9. The predicted octanol–water partition coefficient (Wildman–Crippen LogP) is 7.70. The van der Waals surface area contributed by atoms with Gasteiger partial charge in [-0.2, -0.15) is 5.10 Å². The average molecular weight is 944 g/mol. The number of thiophene rings is 1. The molecule has 3 aromatic heterocycles. The third-order valence-electron chi connectivity index (χ3n) is 13.6. The summed E-state index contributed by atoms with van der Waals surface area (Å²) in [7, 11) is 0. The summed E-state index contributed by atoms with van der Waals surface area (Å²) in [6.07, 6.45) is 3.15. The largest absolute Gasteiger partial charge is 0.508 e. The Labute approximate surface area is 397 Å². The minimum atomic E-state index is -0.764. The number of aromatic nitrogens is 6. The van der Waals surface area contributed by atoms with Gasteiger partial charge in [-0.3, -0.25) is 24.0 Å². The van der Waals surface area contributed by atoms with Crippen LogP contribution in [0.3, 0.4) is 0 Å². The minimum Gasteiger partial charge on any atom is -0.508 e. The highest BCUT2D eigenvalue weighted by atomic mass is 35.5. The van der Waals surface area contributed by atoms with Crippen molar-refractivity contribution in [1.29, 1.82) is 0 Å². The van der Waals surface area contributed by atoms with Crippen LogP contribution in [-0.4, -0.2) is 99.8 Å². The summed E-state index contributed by atoms with van der Waals surface area (Å²) in [5, 5.41) is 41.4. The molecule has 2 fully saturated rings. The Bertz CT molecular complexity index is 2950. The number of carbonyl (C=O) groups is 2. The van der Waals surface area contributed by atoms with Crippen molar-refractivity contribution in [2.45, 2.75) is 78.8 Å². The number of aromatic amines is 1. The van der Waals surface area contributed by atoms with Crippen LogP contribution in [0.15, 0.2) is 82.6 Å². The van der Waals surface area contributed by atoms with Crippen LogP contribution in [0.25, 0.3) is 22.1 Å². The second-order valence-electron chi connectivity index (χ2n) is 18.3. The molecule has 15 nitrogen and oxygen atoms in total. The highest BCUT2D eigenvalue weighted by molar-refractivity contribution is 7.15. The number of phenolic OH excluding ortho intramolecular Hbond substituents is 2. The van der Waals surface area contributed by atoms with Crippen LogP contribution in [0, 0.1) is 32.6 Å². The number of hydrogen-bond donors (Lipinski definition) is 4. The van der Waals surface area contributed by atoms with Gasteiger partial charge in [0.05, 0.1) is 17.0 Å². The lowest BCUT2D eigenvalue weighted by Crippen LogP contribution is -2.46. The van der Waals surface area contributed by atoms with Gasteiger partial charge in [-0.25, -0.2) is 14.5 Å². The van der Waals surface area contributed by atoms with Gasteiger partial charge in [0.25, 0.3) is 0 Å². The molecule has 3 aromatic carbocycles. The zero-order valence-corrected chi connectivity index (χ0v) is 39.9. The second kappa shape index (κ2) is 18.7. The SMILES string of the molecule is C=C(C(=O)NCC1CCN(C(=O)C2CCN(Cc3ccc(-n4c(-c5cc(C(C)C)c(O)cc5O)n[nH]c4=O)cc3)CC2)CC1)[C@@H]1N=C(c2ccc(Cl)cc2)c2c(sc(C)c2C)-n2c(C)nnc21. The molecule has 4 N–H and O–H groups in total. The molecular weight excluding hydrogens is 888 g/mol. The number of aryl methyl sites for hydroxylation is 2. The number of hydrogen-bond acceptors (Lipinski definition) is 11. The molecule has 2 saturated heterocycles. The first kappa shape index (κ1) is 45.8. The van der Waals surface area contributed by atoms with Crippen molar-refractivity contribution in [3.8, 4) is 33.6 Å². The number of aliphatic imine (C=N–C) groups is 1. The number of nitrogens with zero attached hydrogens (tertiary/aromatic N) is 8. The molecule has 0 bridgehead atoms. The van der Waals surface area contributed by atoms with Crippen LogP contribution in [0.1, 0.15) is 95.8 Å². The van der Waals surface area contributed by atoms with Gasteiger partial charge in [0.1, 0.15) is 28.4 Å². The van der Waals surface area contributed by atoms with E-state index in [1.807, 2.05) is 78.8 Å². The average Bonchev–Trinajstić information content (AvgIpc) is 3.95. The molecule has 17 heteroatoms. The maximum atomic E-state index is 13.9. The minimum absolute atomic E-state index is 0.00782. The van der Waals surface area contributed by atoms with E-state index in [0.717, 1.165) is 76.6 Å². The van der Waals surface area contributed by atoms with Crippen molar-refractivity contribution in [1.82, 2.24) is 44.6 Å². The zero-order chi connectivity index (χ0) is 47.3. The molecule has 0 spiro atoms. The normalized spacial score (nSPS) is 17.0. The summed E-state index contributed by atoms with van der Waals surface area (Å²) in [5.74, 6) is 1.42. The number of benzene rings is 3. The Morgan fingerprint density at radius 3 is 2.31 bits per heavy atom. The van der Waals surface area contributed by atoms with Crippen molar-refractivity contribution in [3.05, 3.63) is 133 Å². The number of aromatic hydroxyl groups is 2. The van der Waals surface area contributed by atoms with Crippen molar-refractivity contribution >= 4 is 40.5 Å². The molecule has 0 radical (unpaired) electrons. The van der Waals surface area contributed by atoms with E-state index < -0.39 is 11.7 Å². The summed E-state index contributed by atoms with van der Waals surface area (Å²) in [5.41, 5.74) is 6.22. The van der Waals surface area contributed by atoms with Gasteiger partial charge >= 0.3 is 5.69 Å². The molecule has 3 aliphatic heterocycles. The topological polar surface area (TPSA) is 187 Å². The molecule has 0 unspecified atom stereocenters. The quantitative estimate of drug-likeness (QED) is 0.0945. The fourth-order valence-electron chi connectivity index (χ4n) is 9.55. The van der Waals surface area contributed by atoms with Gasteiger partial charge in [0.15, 0.2) is 11.6 Å². The van der Waals surface area contributed by atoms with Crippen molar-refractivity contribution in [2.75, 3.05) is 32.7 Å². The summed E-state index contributed by atoms with van der Waals surface area (Å²) in [4.78, 5) is 51.3. The number of halogens is 1. The van der Waals surface area contributed by atoms with Crippen LogP contribution in [-0.2, 0) is 16.1 Å². The van der Waals surface area contributed by atoms with E-state index >= 15 is 0 Å². The van der Waals surface area contributed by atoms with E-state index in [1.165, 1.54) is 10.6 Å². The van der Waals surface area contributed by atoms with E-state index in [0.29, 0.717) is 59.7 Å². The number of rotatable bonds is 11. The van der Waals surface area contributed by atoms with E-state index in [4.69, 9.17) is 16.6 Å². The van der Waals surface area contributed by atoms with Crippen LogP contribution in [0.4, 0.5) is 0 Å². The highest BCUT2D eigenvalue weighted by Crippen LogP contribution is 2.41. The molecule has 9 rings (SSSR count).